The third kappa shape index (κ3) is 4.43. The standard InChI is InChI=1S/C22H30N4O3/c1-15-6-10-26(11-7-15)22(29)16-8-12-25(13-9-16)17-2-4-19(23-14-17)18-3-5-20(27)24-21(18)28/h2,4,14-16,18H,3,5-13H2,1H3,(H,24,27,28). The van der Waals surface area contributed by atoms with Gasteiger partial charge in [0.2, 0.25) is 17.7 Å². The van der Waals surface area contributed by atoms with Crippen molar-refractivity contribution in [2.45, 2.75) is 51.4 Å². The van der Waals surface area contributed by atoms with E-state index in [1.165, 1.54) is 0 Å². The van der Waals surface area contributed by atoms with Crippen molar-refractivity contribution in [1.82, 2.24) is 15.2 Å². The largest absolute Gasteiger partial charge is 0.370 e. The lowest BCUT2D eigenvalue weighted by Crippen LogP contribution is -2.45. The molecule has 0 spiro atoms. The molecule has 0 aromatic carbocycles. The fraction of sp³-hybridized carbons (Fsp3) is 0.636. The highest BCUT2D eigenvalue weighted by atomic mass is 16.2. The Labute approximate surface area is 171 Å². The van der Waals surface area contributed by atoms with Crippen LogP contribution in [0.2, 0.25) is 0 Å². The van der Waals surface area contributed by atoms with E-state index < -0.39 is 0 Å². The number of nitrogens with zero attached hydrogens (tertiary/aromatic N) is 3. The van der Waals surface area contributed by atoms with Crippen LogP contribution in [0.4, 0.5) is 5.69 Å². The summed E-state index contributed by atoms with van der Waals surface area (Å²) in [5.41, 5.74) is 1.74. The zero-order chi connectivity index (χ0) is 20.4. The molecule has 1 unspecified atom stereocenters. The summed E-state index contributed by atoms with van der Waals surface area (Å²) in [5.74, 6) is 0.388. The van der Waals surface area contributed by atoms with Crippen LogP contribution in [0.3, 0.4) is 0 Å². The molecular weight excluding hydrogens is 368 g/mol. The third-order valence-electron chi connectivity index (χ3n) is 6.67. The molecule has 0 bridgehead atoms. The van der Waals surface area contributed by atoms with Crippen LogP contribution >= 0.6 is 0 Å². The highest BCUT2D eigenvalue weighted by Gasteiger charge is 2.31. The number of rotatable bonds is 3. The SMILES string of the molecule is CC1CCN(C(=O)C2CCN(c3ccc(C4CCC(=O)NC4=O)nc3)CC2)CC1. The van der Waals surface area contributed by atoms with Gasteiger partial charge in [-0.25, -0.2) is 0 Å². The Kier molecular flexibility index (Phi) is 5.83. The zero-order valence-corrected chi connectivity index (χ0v) is 17.1. The molecule has 3 amide bonds. The van der Waals surface area contributed by atoms with E-state index in [9.17, 15) is 14.4 Å². The average Bonchev–Trinajstić information content (AvgIpc) is 2.74. The quantitative estimate of drug-likeness (QED) is 0.789. The van der Waals surface area contributed by atoms with Crippen LogP contribution in [0, 0.1) is 11.8 Å². The summed E-state index contributed by atoms with van der Waals surface area (Å²) in [6, 6.07) is 3.89. The Hall–Kier alpha value is -2.44. The molecular formula is C22H30N4O3. The minimum Gasteiger partial charge on any atom is -0.370 e. The third-order valence-corrected chi connectivity index (χ3v) is 6.67. The number of imide groups is 1. The Morgan fingerprint density at radius 1 is 1.03 bits per heavy atom. The number of likely N-dealkylation sites (tertiary alicyclic amines) is 1. The van der Waals surface area contributed by atoms with Gasteiger partial charge < -0.3 is 9.80 Å². The molecule has 1 aromatic rings. The molecule has 156 valence electrons. The molecule has 3 fully saturated rings. The molecule has 0 saturated carbocycles. The van der Waals surface area contributed by atoms with Crippen LogP contribution in [0.5, 0.6) is 0 Å². The van der Waals surface area contributed by atoms with E-state index in [1.807, 2.05) is 18.3 Å². The average molecular weight is 399 g/mol. The van der Waals surface area contributed by atoms with Crippen molar-refractivity contribution >= 4 is 23.4 Å². The van der Waals surface area contributed by atoms with Crippen LogP contribution in [0.25, 0.3) is 0 Å². The van der Waals surface area contributed by atoms with Crippen molar-refractivity contribution in [2.24, 2.45) is 11.8 Å². The molecule has 1 aromatic heterocycles. The maximum Gasteiger partial charge on any atom is 0.235 e. The second kappa shape index (κ2) is 8.51. The molecule has 29 heavy (non-hydrogen) atoms. The summed E-state index contributed by atoms with van der Waals surface area (Å²) in [5, 5.41) is 2.39. The number of pyridine rings is 1. The number of aromatic nitrogens is 1. The monoisotopic (exact) mass is 398 g/mol. The summed E-state index contributed by atoms with van der Waals surface area (Å²) >= 11 is 0. The van der Waals surface area contributed by atoms with Gasteiger partial charge in [0.05, 0.1) is 23.5 Å². The summed E-state index contributed by atoms with van der Waals surface area (Å²) in [6.45, 7) is 5.78. The molecule has 3 aliphatic heterocycles. The van der Waals surface area contributed by atoms with Crippen LogP contribution in [0.15, 0.2) is 18.3 Å². The number of hydrogen-bond donors (Lipinski definition) is 1. The molecule has 0 aliphatic carbocycles. The van der Waals surface area contributed by atoms with Gasteiger partial charge >= 0.3 is 0 Å². The molecule has 7 nitrogen and oxygen atoms in total. The number of nitrogens with one attached hydrogen (secondary N) is 1. The van der Waals surface area contributed by atoms with Crippen molar-refractivity contribution in [3.05, 3.63) is 24.0 Å². The summed E-state index contributed by atoms with van der Waals surface area (Å²) in [7, 11) is 0. The lowest BCUT2D eigenvalue weighted by molar-refractivity contribution is -0.137. The lowest BCUT2D eigenvalue weighted by Gasteiger charge is -2.37. The predicted octanol–water partition coefficient (Wildman–Crippen LogP) is 2.08. The van der Waals surface area contributed by atoms with Gasteiger partial charge in [-0.1, -0.05) is 6.92 Å². The van der Waals surface area contributed by atoms with E-state index in [1.54, 1.807) is 0 Å². The molecule has 4 rings (SSSR count). The van der Waals surface area contributed by atoms with E-state index in [0.717, 1.165) is 63.5 Å². The van der Waals surface area contributed by atoms with Crippen molar-refractivity contribution in [2.75, 3.05) is 31.1 Å². The second-order valence-corrected chi connectivity index (χ2v) is 8.71. The molecule has 1 atom stereocenters. The van der Waals surface area contributed by atoms with Crippen LogP contribution in [0.1, 0.15) is 57.1 Å². The number of anilines is 1. The molecule has 7 heteroatoms. The Morgan fingerprint density at radius 2 is 1.76 bits per heavy atom. The molecule has 4 heterocycles. The van der Waals surface area contributed by atoms with Gasteiger partial charge in [-0.15, -0.1) is 0 Å². The van der Waals surface area contributed by atoms with Crippen molar-refractivity contribution in [3.8, 4) is 0 Å². The van der Waals surface area contributed by atoms with Crippen molar-refractivity contribution in [1.29, 1.82) is 0 Å². The highest BCUT2D eigenvalue weighted by Crippen LogP contribution is 2.28. The second-order valence-electron chi connectivity index (χ2n) is 8.71. The van der Waals surface area contributed by atoms with Crippen LogP contribution in [-0.4, -0.2) is 53.8 Å². The van der Waals surface area contributed by atoms with Crippen molar-refractivity contribution in [3.63, 3.8) is 0 Å². The summed E-state index contributed by atoms with van der Waals surface area (Å²) in [4.78, 5) is 45.0. The smallest absolute Gasteiger partial charge is 0.235 e. The van der Waals surface area contributed by atoms with E-state index in [0.29, 0.717) is 24.4 Å². The topological polar surface area (TPSA) is 82.6 Å². The van der Waals surface area contributed by atoms with Gasteiger partial charge in [-0.3, -0.25) is 24.7 Å². The van der Waals surface area contributed by atoms with Gasteiger partial charge in [-0.05, 0) is 50.2 Å². The van der Waals surface area contributed by atoms with Gasteiger partial charge in [0, 0.05) is 38.5 Å². The number of carbonyl (C=O) groups excluding carboxylic acids is 3. The van der Waals surface area contributed by atoms with E-state index in [4.69, 9.17) is 0 Å². The first-order valence-electron chi connectivity index (χ1n) is 10.8. The number of hydrogen-bond acceptors (Lipinski definition) is 5. The first-order chi connectivity index (χ1) is 14.0. The molecule has 3 aliphatic rings. The van der Waals surface area contributed by atoms with Gasteiger partial charge in [0.1, 0.15) is 0 Å². The summed E-state index contributed by atoms with van der Waals surface area (Å²) < 4.78 is 0. The first kappa shape index (κ1) is 19.9. The first-order valence-corrected chi connectivity index (χ1v) is 10.8. The Bertz CT molecular complexity index is 763. The predicted molar refractivity (Wildman–Crippen MR) is 109 cm³/mol. The fourth-order valence-electron chi connectivity index (χ4n) is 4.64. The number of piperidine rings is 3. The number of amides is 3. The lowest BCUT2D eigenvalue weighted by atomic mass is 9.92. The number of carbonyl (C=O) groups is 3. The Morgan fingerprint density at radius 3 is 2.38 bits per heavy atom. The van der Waals surface area contributed by atoms with E-state index in [2.05, 4.69) is 27.0 Å². The van der Waals surface area contributed by atoms with Gasteiger partial charge in [0.25, 0.3) is 0 Å². The minimum absolute atomic E-state index is 0.135. The maximum absolute atomic E-state index is 12.8. The van der Waals surface area contributed by atoms with E-state index >= 15 is 0 Å². The van der Waals surface area contributed by atoms with Crippen molar-refractivity contribution < 1.29 is 14.4 Å². The minimum atomic E-state index is -0.350. The van der Waals surface area contributed by atoms with Gasteiger partial charge in [0.15, 0.2) is 0 Å². The zero-order valence-electron chi connectivity index (χ0n) is 17.1. The fourth-order valence-corrected chi connectivity index (χ4v) is 4.64. The van der Waals surface area contributed by atoms with Crippen LogP contribution < -0.4 is 10.2 Å². The molecule has 1 N–H and O–H groups in total. The molecule has 0 radical (unpaired) electrons. The summed E-state index contributed by atoms with van der Waals surface area (Å²) in [6.07, 6.45) is 6.68. The highest BCUT2D eigenvalue weighted by molar-refractivity contribution is 6.00. The normalized spacial score (nSPS) is 24.5. The molecule has 3 saturated heterocycles. The van der Waals surface area contributed by atoms with E-state index in [-0.39, 0.29) is 23.7 Å². The van der Waals surface area contributed by atoms with Crippen LogP contribution in [-0.2, 0) is 14.4 Å². The maximum atomic E-state index is 12.8. The van der Waals surface area contributed by atoms with Gasteiger partial charge in [-0.2, -0.15) is 0 Å². The Balaban J connectivity index is 1.31.